The van der Waals surface area contributed by atoms with Gasteiger partial charge in [-0.15, -0.1) is 11.3 Å². The van der Waals surface area contributed by atoms with E-state index in [0.717, 1.165) is 31.1 Å². The molecule has 1 aromatic heterocycles. The van der Waals surface area contributed by atoms with Crippen molar-refractivity contribution in [2.45, 2.75) is 27.3 Å². The van der Waals surface area contributed by atoms with E-state index in [1.807, 2.05) is 18.6 Å². The van der Waals surface area contributed by atoms with Crippen LogP contribution in [0.2, 0.25) is 0 Å². The Balaban J connectivity index is 2.52. The van der Waals surface area contributed by atoms with E-state index in [4.69, 9.17) is 0 Å². The number of thioether (sulfide) groups is 1. The molecule has 1 aromatic rings. The van der Waals surface area contributed by atoms with E-state index >= 15 is 0 Å². The van der Waals surface area contributed by atoms with E-state index in [1.165, 1.54) is 11.3 Å². The molecule has 0 aliphatic rings. The highest BCUT2D eigenvalue weighted by atomic mass is 32.2. The maximum atomic E-state index is 11.9. The first kappa shape index (κ1) is 16.5. The van der Waals surface area contributed by atoms with Gasteiger partial charge in [-0.3, -0.25) is 9.69 Å². The lowest BCUT2D eigenvalue weighted by molar-refractivity contribution is -0.118. The quantitative estimate of drug-likeness (QED) is 0.802. The molecule has 0 spiro atoms. The van der Waals surface area contributed by atoms with Crippen molar-refractivity contribution in [1.29, 1.82) is 0 Å². The summed E-state index contributed by atoms with van der Waals surface area (Å²) in [4.78, 5) is 18.6. The van der Waals surface area contributed by atoms with Gasteiger partial charge in [-0.25, -0.2) is 4.98 Å². The SMILES string of the molecule is CCN(CC)Cc1csc(NC(=O)C(C)CSC)n1. The van der Waals surface area contributed by atoms with Crippen LogP contribution in [-0.2, 0) is 11.3 Å². The van der Waals surface area contributed by atoms with Crippen molar-refractivity contribution in [2.24, 2.45) is 5.92 Å². The lowest BCUT2D eigenvalue weighted by Crippen LogP contribution is -2.23. The fraction of sp³-hybridized carbons (Fsp3) is 0.692. The molecule has 0 radical (unpaired) electrons. The third-order valence-corrected chi connectivity index (χ3v) is 4.57. The molecule has 0 aromatic carbocycles. The number of thiazole rings is 1. The largest absolute Gasteiger partial charge is 0.302 e. The number of rotatable bonds is 8. The molecule has 0 fully saturated rings. The number of nitrogens with zero attached hydrogens (tertiary/aromatic N) is 2. The molecular weight excluding hydrogens is 278 g/mol. The van der Waals surface area contributed by atoms with Crippen molar-refractivity contribution in [3.8, 4) is 0 Å². The number of hydrogen-bond acceptors (Lipinski definition) is 5. The second-order valence-corrected chi connectivity index (χ2v) is 6.22. The maximum Gasteiger partial charge on any atom is 0.229 e. The average molecular weight is 301 g/mol. The minimum Gasteiger partial charge on any atom is -0.302 e. The number of hydrogen-bond donors (Lipinski definition) is 1. The van der Waals surface area contributed by atoms with Gasteiger partial charge in [-0.05, 0) is 19.3 Å². The van der Waals surface area contributed by atoms with Crippen LogP contribution in [0.25, 0.3) is 0 Å². The summed E-state index contributed by atoms with van der Waals surface area (Å²) in [6.07, 6.45) is 2.01. The van der Waals surface area contributed by atoms with Crippen LogP contribution in [0.5, 0.6) is 0 Å². The summed E-state index contributed by atoms with van der Waals surface area (Å²) in [6, 6.07) is 0. The smallest absolute Gasteiger partial charge is 0.229 e. The van der Waals surface area contributed by atoms with Crippen molar-refractivity contribution in [2.75, 3.05) is 30.4 Å². The maximum absolute atomic E-state index is 11.9. The first-order valence-corrected chi connectivity index (χ1v) is 8.84. The van der Waals surface area contributed by atoms with E-state index in [-0.39, 0.29) is 11.8 Å². The van der Waals surface area contributed by atoms with Crippen molar-refractivity contribution >= 4 is 34.1 Å². The number of carbonyl (C=O) groups is 1. The third-order valence-electron chi connectivity index (χ3n) is 2.93. The second-order valence-electron chi connectivity index (χ2n) is 4.45. The van der Waals surface area contributed by atoms with Crippen molar-refractivity contribution in [3.63, 3.8) is 0 Å². The van der Waals surface area contributed by atoms with Crippen LogP contribution in [0, 0.1) is 5.92 Å². The molecule has 0 saturated carbocycles. The molecule has 6 heteroatoms. The number of amides is 1. The Morgan fingerprint density at radius 1 is 1.53 bits per heavy atom. The molecule has 0 aliphatic heterocycles. The Morgan fingerprint density at radius 2 is 2.21 bits per heavy atom. The van der Waals surface area contributed by atoms with Gasteiger partial charge >= 0.3 is 0 Å². The predicted octanol–water partition coefficient (Wildman–Crippen LogP) is 2.92. The Morgan fingerprint density at radius 3 is 2.79 bits per heavy atom. The first-order chi connectivity index (χ1) is 9.10. The molecule has 1 amide bonds. The van der Waals surface area contributed by atoms with Crippen LogP contribution in [0.1, 0.15) is 26.5 Å². The summed E-state index contributed by atoms with van der Waals surface area (Å²) in [5.41, 5.74) is 1.03. The minimum absolute atomic E-state index is 0.0186. The van der Waals surface area contributed by atoms with Crippen LogP contribution in [0.4, 0.5) is 5.13 Å². The Kier molecular flexibility index (Phi) is 7.41. The monoisotopic (exact) mass is 301 g/mol. The Hall–Kier alpha value is -0.590. The Bertz CT molecular complexity index is 391. The standard InChI is InChI=1S/C13H23N3OS2/c1-5-16(6-2)7-11-9-19-13(14-11)15-12(17)10(3)8-18-4/h9-10H,5-8H2,1-4H3,(H,14,15,17). The second kappa shape index (κ2) is 8.55. The molecule has 0 bridgehead atoms. The van der Waals surface area contributed by atoms with Crippen LogP contribution in [0.3, 0.4) is 0 Å². The molecule has 108 valence electrons. The number of anilines is 1. The van der Waals surface area contributed by atoms with Crippen LogP contribution in [-0.4, -0.2) is 40.9 Å². The lowest BCUT2D eigenvalue weighted by atomic mass is 10.2. The van der Waals surface area contributed by atoms with Gasteiger partial charge in [-0.1, -0.05) is 20.8 Å². The van der Waals surface area contributed by atoms with Crippen LogP contribution in [0.15, 0.2) is 5.38 Å². The van der Waals surface area contributed by atoms with E-state index in [9.17, 15) is 4.79 Å². The van der Waals surface area contributed by atoms with Gasteiger partial charge in [0.2, 0.25) is 5.91 Å². The highest BCUT2D eigenvalue weighted by Crippen LogP contribution is 2.18. The fourth-order valence-corrected chi connectivity index (χ4v) is 3.02. The molecule has 0 aliphatic carbocycles. The van der Waals surface area contributed by atoms with E-state index < -0.39 is 0 Å². The highest BCUT2D eigenvalue weighted by Gasteiger charge is 2.14. The van der Waals surface area contributed by atoms with Gasteiger partial charge in [0, 0.05) is 23.6 Å². The zero-order valence-electron chi connectivity index (χ0n) is 12.1. The van der Waals surface area contributed by atoms with E-state index in [0.29, 0.717) is 5.13 Å². The van der Waals surface area contributed by atoms with Gasteiger partial charge in [0.25, 0.3) is 0 Å². The van der Waals surface area contributed by atoms with Gasteiger partial charge in [0.05, 0.1) is 5.69 Å². The lowest BCUT2D eigenvalue weighted by Gasteiger charge is -2.15. The number of aromatic nitrogens is 1. The summed E-state index contributed by atoms with van der Waals surface area (Å²) in [6.45, 7) is 9.10. The zero-order chi connectivity index (χ0) is 14.3. The molecule has 1 unspecified atom stereocenters. The van der Waals surface area contributed by atoms with Crippen LogP contribution < -0.4 is 5.32 Å². The molecule has 1 rings (SSSR count). The molecule has 4 nitrogen and oxygen atoms in total. The number of carbonyl (C=O) groups excluding carboxylic acids is 1. The van der Waals surface area contributed by atoms with E-state index in [1.54, 1.807) is 11.8 Å². The van der Waals surface area contributed by atoms with Gasteiger partial charge in [0.1, 0.15) is 0 Å². The van der Waals surface area contributed by atoms with Gasteiger partial charge in [-0.2, -0.15) is 11.8 Å². The van der Waals surface area contributed by atoms with Crippen molar-refractivity contribution in [1.82, 2.24) is 9.88 Å². The van der Waals surface area contributed by atoms with Crippen LogP contribution >= 0.6 is 23.1 Å². The fourth-order valence-electron chi connectivity index (χ4n) is 1.67. The topological polar surface area (TPSA) is 45.2 Å². The highest BCUT2D eigenvalue weighted by molar-refractivity contribution is 7.98. The van der Waals surface area contributed by atoms with Crippen molar-refractivity contribution in [3.05, 3.63) is 11.1 Å². The summed E-state index contributed by atoms with van der Waals surface area (Å²) in [5.74, 6) is 0.909. The summed E-state index contributed by atoms with van der Waals surface area (Å²) in [5, 5.41) is 5.62. The summed E-state index contributed by atoms with van der Waals surface area (Å²) >= 11 is 3.18. The minimum atomic E-state index is 0.0186. The summed E-state index contributed by atoms with van der Waals surface area (Å²) < 4.78 is 0. The van der Waals surface area contributed by atoms with E-state index in [2.05, 4.69) is 29.0 Å². The summed E-state index contributed by atoms with van der Waals surface area (Å²) in [7, 11) is 0. The Labute approximate surface area is 124 Å². The molecule has 19 heavy (non-hydrogen) atoms. The normalized spacial score (nSPS) is 12.7. The van der Waals surface area contributed by atoms with Gasteiger partial charge in [0.15, 0.2) is 5.13 Å². The molecule has 0 saturated heterocycles. The van der Waals surface area contributed by atoms with Crippen molar-refractivity contribution < 1.29 is 4.79 Å². The third kappa shape index (κ3) is 5.50. The zero-order valence-corrected chi connectivity index (χ0v) is 13.7. The number of nitrogens with one attached hydrogen (secondary N) is 1. The first-order valence-electron chi connectivity index (χ1n) is 6.57. The molecule has 1 heterocycles. The van der Waals surface area contributed by atoms with Gasteiger partial charge < -0.3 is 5.32 Å². The predicted molar refractivity (Wildman–Crippen MR) is 84.9 cm³/mol. The molecule has 1 atom stereocenters. The average Bonchev–Trinajstić information content (AvgIpc) is 2.83. The molecule has 1 N–H and O–H groups in total. The molecular formula is C13H23N3OS2.